The van der Waals surface area contributed by atoms with Crippen LogP contribution in [-0.4, -0.2) is 36.3 Å². The van der Waals surface area contributed by atoms with Crippen molar-refractivity contribution in [2.24, 2.45) is 0 Å². The van der Waals surface area contributed by atoms with Gasteiger partial charge in [0.2, 0.25) is 0 Å². The number of fused-ring (bicyclic) bond motifs is 1. The molecule has 1 amide bonds. The Morgan fingerprint density at radius 2 is 1.77 bits per heavy atom. The van der Waals surface area contributed by atoms with Crippen molar-refractivity contribution in [2.45, 2.75) is 18.9 Å². The fourth-order valence-electron chi connectivity index (χ4n) is 3.45. The standard InChI is InChI=1S/C23H19ClFNO5/c24-19-11-18(23(28)29)20(12-21(19)31-17-5-7-30-8-6-17)26-22(27)15-2-1-14-10-16(25)4-3-13(14)9-15/h1-4,9-12,17H,5-8H2,(H,26,27)(H,28,29). The number of hydrogen-bond acceptors (Lipinski definition) is 4. The van der Waals surface area contributed by atoms with Crippen LogP contribution in [0.3, 0.4) is 0 Å². The van der Waals surface area contributed by atoms with E-state index < -0.39 is 11.9 Å². The first kappa shape index (κ1) is 21.1. The molecule has 3 aromatic rings. The summed E-state index contributed by atoms with van der Waals surface area (Å²) < 4.78 is 24.6. The predicted octanol–water partition coefficient (Wildman–Crippen LogP) is 5.14. The number of carboxylic acid groups (broad SMARTS) is 1. The van der Waals surface area contributed by atoms with E-state index >= 15 is 0 Å². The van der Waals surface area contributed by atoms with Crippen LogP contribution in [0.2, 0.25) is 5.02 Å². The summed E-state index contributed by atoms with van der Waals surface area (Å²) in [6.45, 7) is 1.15. The molecular weight excluding hydrogens is 425 g/mol. The van der Waals surface area contributed by atoms with Crippen molar-refractivity contribution in [1.29, 1.82) is 0 Å². The molecule has 3 aromatic carbocycles. The topological polar surface area (TPSA) is 84.9 Å². The lowest BCUT2D eigenvalue weighted by Crippen LogP contribution is -2.26. The van der Waals surface area contributed by atoms with Gasteiger partial charge in [0, 0.05) is 24.5 Å². The number of anilines is 1. The van der Waals surface area contributed by atoms with Gasteiger partial charge in [0.25, 0.3) is 5.91 Å². The first-order chi connectivity index (χ1) is 14.9. The molecule has 31 heavy (non-hydrogen) atoms. The van der Waals surface area contributed by atoms with Crippen molar-refractivity contribution in [3.63, 3.8) is 0 Å². The molecule has 0 unspecified atom stereocenters. The average Bonchev–Trinajstić information content (AvgIpc) is 2.76. The molecule has 0 bridgehead atoms. The maximum absolute atomic E-state index is 13.4. The number of carboxylic acids is 1. The zero-order valence-electron chi connectivity index (χ0n) is 16.4. The molecule has 1 saturated heterocycles. The molecule has 1 heterocycles. The van der Waals surface area contributed by atoms with Gasteiger partial charge in [-0.1, -0.05) is 23.7 Å². The Morgan fingerprint density at radius 3 is 2.52 bits per heavy atom. The van der Waals surface area contributed by atoms with Gasteiger partial charge in [-0.2, -0.15) is 0 Å². The van der Waals surface area contributed by atoms with E-state index in [-0.39, 0.29) is 28.2 Å². The fourth-order valence-corrected chi connectivity index (χ4v) is 3.66. The predicted molar refractivity (Wildman–Crippen MR) is 115 cm³/mol. The highest BCUT2D eigenvalue weighted by atomic mass is 35.5. The number of amides is 1. The third-order valence-electron chi connectivity index (χ3n) is 5.08. The van der Waals surface area contributed by atoms with Gasteiger partial charge in [-0.3, -0.25) is 4.79 Å². The highest BCUT2D eigenvalue weighted by molar-refractivity contribution is 6.32. The zero-order valence-corrected chi connectivity index (χ0v) is 17.1. The van der Waals surface area contributed by atoms with Crippen molar-refractivity contribution in [3.8, 4) is 5.75 Å². The van der Waals surface area contributed by atoms with E-state index in [0.717, 1.165) is 0 Å². The summed E-state index contributed by atoms with van der Waals surface area (Å²) >= 11 is 6.23. The second-order valence-electron chi connectivity index (χ2n) is 7.22. The van der Waals surface area contributed by atoms with Crippen LogP contribution in [0, 0.1) is 5.82 Å². The van der Waals surface area contributed by atoms with Crippen molar-refractivity contribution >= 4 is 39.9 Å². The average molecular weight is 444 g/mol. The van der Waals surface area contributed by atoms with E-state index in [1.54, 1.807) is 24.3 Å². The number of hydrogen-bond donors (Lipinski definition) is 2. The normalized spacial score (nSPS) is 14.4. The number of ether oxygens (including phenoxy) is 2. The quantitative estimate of drug-likeness (QED) is 0.570. The molecule has 8 heteroatoms. The van der Waals surface area contributed by atoms with Gasteiger partial charge in [0.15, 0.2) is 0 Å². The van der Waals surface area contributed by atoms with Crippen LogP contribution in [-0.2, 0) is 4.74 Å². The number of rotatable bonds is 5. The van der Waals surface area contributed by atoms with E-state index in [2.05, 4.69) is 5.32 Å². The maximum atomic E-state index is 13.4. The molecule has 0 spiro atoms. The Hall–Kier alpha value is -3.16. The summed E-state index contributed by atoms with van der Waals surface area (Å²) in [6, 6.07) is 11.7. The Bertz CT molecular complexity index is 1160. The molecule has 160 valence electrons. The summed E-state index contributed by atoms with van der Waals surface area (Å²) in [7, 11) is 0. The second kappa shape index (κ2) is 8.91. The summed E-state index contributed by atoms with van der Waals surface area (Å²) in [5.41, 5.74) is 0.223. The number of halogens is 2. The Balaban J connectivity index is 1.62. The first-order valence-electron chi connectivity index (χ1n) is 9.72. The Labute approximate surface area is 182 Å². The molecule has 0 aromatic heterocycles. The first-order valence-corrected chi connectivity index (χ1v) is 10.1. The molecule has 1 fully saturated rings. The lowest BCUT2D eigenvalue weighted by atomic mass is 10.1. The molecule has 4 rings (SSSR count). The third kappa shape index (κ3) is 4.78. The Kier molecular flexibility index (Phi) is 6.06. The van der Waals surface area contributed by atoms with Gasteiger partial charge < -0.3 is 19.9 Å². The largest absolute Gasteiger partial charge is 0.489 e. The summed E-state index contributed by atoms with van der Waals surface area (Å²) in [5.74, 6) is -1.81. The summed E-state index contributed by atoms with van der Waals surface area (Å²) in [6.07, 6.45) is 1.28. The highest BCUT2D eigenvalue weighted by Gasteiger charge is 2.21. The molecule has 6 nitrogen and oxygen atoms in total. The van der Waals surface area contributed by atoms with Crippen molar-refractivity contribution in [3.05, 3.63) is 70.5 Å². The van der Waals surface area contributed by atoms with Crippen LogP contribution in [0.15, 0.2) is 48.5 Å². The van der Waals surface area contributed by atoms with Crippen LogP contribution in [0.1, 0.15) is 33.6 Å². The maximum Gasteiger partial charge on any atom is 0.337 e. The van der Waals surface area contributed by atoms with Crippen LogP contribution in [0.4, 0.5) is 10.1 Å². The van der Waals surface area contributed by atoms with E-state index in [1.807, 2.05) is 0 Å². The highest BCUT2D eigenvalue weighted by Crippen LogP contribution is 2.33. The van der Waals surface area contributed by atoms with Gasteiger partial charge in [-0.15, -0.1) is 0 Å². The van der Waals surface area contributed by atoms with Crippen molar-refractivity contribution < 1.29 is 28.6 Å². The van der Waals surface area contributed by atoms with Crippen LogP contribution < -0.4 is 10.1 Å². The van der Waals surface area contributed by atoms with E-state index in [4.69, 9.17) is 21.1 Å². The Morgan fingerprint density at radius 1 is 1.06 bits per heavy atom. The SMILES string of the molecule is O=C(Nc1cc(OC2CCOCC2)c(Cl)cc1C(=O)O)c1ccc2cc(F)ccc2c1. The van der Waals surface area contributed by atoms with Gasteiger partial charge in [0.05, 0.1) is 29.5 Å². The van der Waals surface area contributed by atoms with Crippen LogP contribution in [0.25, 0.3) is 10.8 Å². The molecule has 2 N–H and O–H groups in total. The minimum absolute atomic E-state index is 0.0724. The number of nitrogens with one attached hydrogen (secondary N) is 1. The summed E-state index contributed by atoms with van der Waals surface area (Å²) in [5, 5.41) is 13.7. The van der Waals surface area contributed by atoms with Gasteiger partial charge in [0.1, 0.15) is 17.7 Å². The zero-order chi connectivity index (χ0) is 22.0. The monoisotopic (exact) mass is 443 g/mol. The molecule has 0 saturated carbocycles. The van der Waals surface area contributed by atoms with Gasteiger partial charge >= 0.3 is 5.97 Å². The molecule has 0 aliphatic carbocycles. The molecule has 0 radical (unpaired) electrons. The van der Waals surface area contributed by atoms with Crippen molar-refractivity contribution in [2.75, 3.05) is 18.5 Å². The minimum Gasteiger partial charge on any atom is -0.489 e. The van der Waals surface area contributed by atoms with E-state index in [0.29, 0.717) is 48.1 Å². The lowest BCUT2D eigenvalue weighted by Gasteiger charge is -2.24. The number of aromatic carboxylic acids is 1. The van der Waals surface area contributed by atoms with Crippen LogP contribution in [0.5, 0.6) is 5.75 Å². The number of carbonyl (C=O) groups is 2. The fraction of sp³-hybridized carbons (Fsp3) is 0.217. The van der Waals surface area contributed by atoms with Gasteiger partial charge in [-0.05, 0) is 41.1 Å². The molecule has 0 atom stereocenters. The minimum atomic E-state index is -1.23. The number of carbonyl (C=O) groups excluding carboxylic acids is 1. The smallest absolute Gasteiger partial charge is 0.337 e. The van der Waals surface area contributed by atoms with Crippen molar-refractivity contribution in [1.82, 2.24) is 0 Å². The molecule has 1 aliphatic rings. The second-order valence-corrected chi connectivity index (χ2v) is 7.63. The molecular formula is C23H19ClFNO5. The van der Waals surface area contributed by atoms with E-state index in [1.165, 1.54) is 24.3 Å². The van der Waals surface area contributed by atoms with Gasteiger partial charge in [-0.25, -0.2) is 9.18 Å². The third-order valence-corrected chi connectivity index (χ3v) is 5.37. The van der Waals surface area contributed by atoms with Crippen LogP contribution >= 0.6 is 11.6 Å². The molecule has 1 aliphatic heterocycles. The van der Waals surface area contributed by atoms with E-state index in [9.17, 15) is 19.1 Å². The number of benzene rings is 3. The lowest BCUT2D eigenvalue weighted by molar-refractivity contribution is 0.0256. The summed E-state index contributed by atoms with van der Waals surface area (Å²) in [4.78, 5) is 24.5.